The van der Waals surface area contributed by atoms with Crippen LogP contribution in [0.5, 0.6) is 0 Å². The van der Waals surface area contributed by atoms with Gasteiger partial charge in [0.15, 0.2) is 58.2 Å². The van der Waals surface area contributed by atoms with Crippen molar-refractivity contribution in [2.45, 2.75) is 26.3 Å². The molecule has 0 radical (unpaired) electrons. The molecule has 0 unspecified atom stereocenters. The molecule has 0 aliphatic carbocycles. The third-order valence-corrected chi connectivity index (χ3v) is 8.09. The molecule has 14 heteroatoms. The summed E-state index contributed by atoms with van der Waals surface area (Å²) in [5.41, 5.74) is -5.26. The van der Waals surface area contributed by atoms with Gasteiger partial charge >= 0.3 is 0 Å². The topological polar surface area (TPSA) is 28.4 Å². The van der Waals surface area contributed by atoms with E-state index in [1.165, 1.54) is 26.8 Å². The third kappa shape index (κ3) is 4.88. The lowest BCUT2D eigenvalue weighted by molar-refractivity contribution is 0.181. The minimum Gasteiger partial charge on any atom is -0.309 e. The van der Waals surface area contributed by atoms with Crippen LogP contribution in [0.15, 0.2) is 66.7 Å². The number of benzene rings is 5. The molecule has 1 heterocycles. The maximum absolute atomic E-state index is 15.6. The highest BCUT2D eigenvalue weighted by Crippen LogP contribution is 2.33. The van der Waals surface area contributed by atoms with Crippen LogP contribution in [0.3, 0.4) is 0 Å². The standard InChI is InChI=1S/C34H21BF10N2O/c1-34(2,3)47(48)21-13-12-15(46-19-10-6-4-8-16(19)17-9-5-7-11-20(17)46)14-18(21)35(22-24(36)28(40)32(44)29(41)25(22)37)23-26(38)30(42)33(45)31(43)27(23)39/h4-14,48H,1-3H3. The molecule has 0 spiro atoms. The fraction of sp³-hybridized carbons (Fsp3) is 0.118. The molecule has 1 N–H and O–H groups in total. The molecule has 5 aromatic carbocycles. The molecule has 48 heavy (non-hydrogen) atoms. The van der Waals surface area contributed by atoms with Crippen LogP contribution in [0.25, 0.3) is 27.5 Å². The first-order chi connectivity index (χ1) is 22.6. The third-order valence-electron chi connectivity index (χ3n) is 8.09. The average Bonchev–Trinajstić information content (AvgIpc) is 3.41. The largest absolute Gasteiger partial charge is 0.309 e. The number of hydrogen-bond acceptors (Lipinski definition) is 2. The summed E-state index contributed by atoms with van der Waals surface area (Å²) in [6, 6.07) is 17.4. The highest BCUT2D eigenvalue weighted by atomic mass is 19.2. The second kappa shape index (κ2) is 11.6. The van der Waals surface area contributed by atoms with Gasteiger partial charge in [-0.3, -0.25) is 10.3 Å². The normalized spacial score (nSPS) is 12.0. The molecule has 0 aliphatic rings. The molecule has 0 saturated carbocycles. The molecule has 3 nitrogen and oxygen atoms in total. The Kier molecular flexibility index (Phi) is 7.97. The zero-order valence-corrected chi connectivity index (χ0v) is 25.0. The molecule has 246 valence electrons. The van der Waals surface area contributed by atoms with Crippen LogP contribution in [-0.4, -0.2) is 22.0 Å². The fourth-order valence-electron chi connectivity index (χ4n) is 5.87. The zero-order valence-electron chi connectivity index (χ0n) is 25.0. The number of anilines is 1. The molecular formula is C34H21BF10N2O. The van der Waals surface area contributed by atoms with Crippen molar-refractivity contribution in [2.24, 2.45) is 0 Å². The molecular weight excluding hydrogens is 653 g/mol. The van der Waals surface area contributed by atoms with E-state index < -0.39 is 92.5 Å². The summed E-state index contributed by atoms with van der Waals surface area (Å²) in [5, 5.41) is 13.2. The summed E-state index contributed by atoms with van der Waals surface area (Å²) in [7, 11) is 0. The molecule has 0 bridgehead atoms. The zero-order chi connectivity index (χ0) is 35.0. The van der Waals surface area contributed by atoms with Gasteiger partial charge in [-0.1, -0.05) is 36.4 Å². The Hall–Kier alpha value is -4.98. The Labute approximate surface area is 266 Å². The number of nitrogens with zero attached hydrogens (tertiary/aromatic N) is 2. The van der Waals surface area contributed by atoms with Gasteiger partial charge in [0.1, 0.15) is 0 Å². The predicted octanol–water partition coefficient (Wildman–Crippen LogP) is 7.69. The first-order valence-corrected chi connectivity index (χ1v) is 14.2. The quantitative estimate of drug-likeness (QED) is 0.0669. The highest BCUT2D eigenvalue weighted by Gasteiger charge is 2.43. The second-order valence-electron chi connectivity index (χ2n) is 12.0. The number of hydroxylamine groups is 1. The Morgan fingerprint density at radius 3 is 1.31 bits per heavy atom. The van der Waals surface area contributed by atoms with Crippen molar-refractivity contribution >= 4 is 50.6 Å². The summed E-state index contributed by atoms with van der Waals surface area (Å²) >= 11 is 0. The van der Waals surface area contributed by atoms with Gasteiger partial charge in [-0.15, -0.1) is 0 Å². The number of hydrogen-bond donors (Lipinski definition) is 1. The van der Waals surface area contributed by atoms with E-state index in [4.69, 9.17) is 0 Å². The molecule has 0 atom stereocenters. The van der Waals surface area contributed by atoms with Gasteiger partial charge in [-0.05, 0) is 56.6 Å². The lowest BCUT2D eigenvalue weighted by Crippen LogP contribution is -2.60. The van der Waals surface area contributed by atoms with Crippen molar-refractivity contribution in [3.8, 4) is 5.69 Å². The predicted molar refractivity (Wildman–Crippen MR) is 162 cm³/mol. The van der Waals surface area contributed by atoms with Gasteiger partial charge in [-0.2, -0.15) is 0 Å². The summed E-state index contributed by atoms with van der Waals surface area (Å²) in [6.07, 6.45) is 0. The number of para-hydroxylation sites is 2. The van der Waals surface area contributed by atoms with E-state index >= 15 is 17.6 Å². The first kappa shape index (κ1) is 32.9. The van der Waals surface area contributed by atoms with Gasteiger partial charge < -0.3 is 4.57 Å². The van der Waals surface area contributed by atoms with Gasteiger partial charge in [-0.25, -0.2) is 43.9 Å². The average molecular weight is 674 g/mol. The summed E-state index contributed by atoms with van der Waals surface area (Å²) in [4.78, 5) is 0. The number of aromatic nitrogens is 1. The van der Waals surface area contributed by atoms with Crippen molar-refractivity contribution < 1.29 is 49.1 Å². The van der Waals surface area contributed by atoms with Crippen molar-refractivity contribution in [1.29, 1.82) is 0 Å². The van der Waals surface area contributed by atoms with E-state index in [-0.39, 0.29) is 5.69 Å². The maximum Gasteiger partial charge on any atom is 0.260 e. The fourth-order valence-corrected chi connectivity index (χ4v) is 5.87. The van der Waals surface area contributed by atoms with E-state index in [0.717, 1.165) is 12.1 Å². The van der Waals surface area contributed by atoms with Gasteiger partial charge in [0.25, 0.3) is 6.71 Å². The highest BCUT2D eigenvalue weighted by molar-refractivity contribution is 6.96. The van der Waals surface area contributed by atoms with E-state index in [1.54, 1.807) is 53.1 Å². The van der Waals surface area contributed by atoms with E-state index in [0.29, 0.717) is 26.9 Å². The minimum absolute atomic E-state index is 0.0752. The van der Waals surface area contributed by atoms with E-state index in [9.17, 15) is 31.5 Å². The minimum atomic E-state index is -2.90. The van der Waals surface area contributed by atoms with Crippen molar-refractivity contribution in [2.75, 3.05) is 5.06 Å². The summed E-state index contributed by atoms with van der Waals surface area (Å²) in [5.74, 6) is -25.7. The Morgan fingerprint density at radius 1 is 0.542 bits per heavy atom. The van der Waals surface area contributed by atoms with Crippen LogP contribution >= 0.6 is 0 Å². The Bertz CT molecular complexity index is 2100. The lowest BCUT2D eigenvalue weighted by Gasteiger charge is -2.34. The summed E-state index contributed by atoms with van der Waals surface area (Å²) in [6.45, 7) is 1.40. The van der Waals surface area contributed by atoms with Crippen molar-refractivity contribution in [3.63, 3.8) is 0 Å². The maximum atomic E-state index is 15.6. The Balaban J connectivity index is 1.82. The molecule has 6 rings (SSSR count). The van der Waals surface area contributed by atoms with Crippen LogP contribution in [0.2, 0.25) is 0 Å². The lowest BCUT2D eigenvalue weighted by atomic mass is 9.35. The smallest absolute Gasteiger partial charge is 0.260 e. The van der Waals surface area contributed by atoms with Crippen molar-refractivity contribution in [1.82, 2.24) is 4.57 Å². The van der Waals surface area contributed by atoms with Crippen LogP contribution in [0, 0.1) is 58.2 Å². The van der Waals surface area contributed by atoms with Crippen LogP contribution in [0.4, 0.5) is 49.6 Å². The van der Waals surface area contributed by atoms with Crippen LogP contribution in [0.1, 0.15) is 20.8 Å². The van der Waals surface area contributed by atoms with Gasteiger partial charge in [0.2, 0.25) is 0 Å². The molecule has 0 saturated heterocycles. The monoisotopic (exact) mass is 674 g/mol. The van der Waals surface area contributed by atoms with Gasteiger partial charge in [0.05, 0.1) is 22.3 Å². The van der Waals surface area contributed by atoms with E-state index in [2.05, 4.69) is 0 Å². The molecule has 1 aromatic heterocycles. The van der Waals surface area contributed by atoms with Crippen LogP contribution in [-0.2, 0) is 0 Å². The number of halogens is 10. The molecule has 0 amide bonds. The van der Waals surface area contributed by atoms with E-state index in [1.807, 2.05) is 0 Å². The van der Waals surface area contributed by atoms with Crippen molar-refractivity contribution in [3.05, 3.63) is 125 Å². The molecule has 0 fully saturated rings. The van der Waals surface area contributed by atoms with Crippen LogP contribution < -0.4 is 21.5 Å². The Morgan fingerprint density at radius 2 is 0.917 bits per heavy atom. The summed E-state index contributed by atoms with van der Waals surface area (Å²) < 4.78 is 151. The SMILES string of the molecule is CC(C)(C)N(O)c1ccc(-n2c3ccccc3c3ccccc32)cc1B(c1c(F)c(F)c(F)c(F)c1F)c1c(F)c(F)c(F)c(F)c1F. The molecule has 6 aromatic rings. The number of fused-ring (bicyclic) bond motifs is 3. The number of rotatable bonds is 5. The molecule has 0 aliphatic heterocycles. The second-order valence-corrected chi connectivity index (χ2v) is 12.0. The van der Waals surface area contributed by atoms with Gasteiger partial charge in [0, 0.05) is 27.4 Å². The first-order valence-electron chi connectivity index (χ1n) is 14.2.